The third-order valence-corrected chi connectivity index (χ3v) is 4.86. The van der Waals surface area contributed by atoms with Gasteiger partial charge in [-0.1, -0.05) is 36.4 Å². The van der Waals surface area contributed by atoms with E-state index >= 15 is 0 Å². The van der Waals surface area contributed by atoms with Crippen molar-refractivity contribution in [2.24, 2.45) is 0 Å². The van der Waals surface area contributed by atoms with Crippen LogP contribution in [-0.2, 0) is 4.74 Å². The summed E-state index contributed by atoms with van der Waals surface area (Å²) in [6.45, 7) is 2.00. The molecule has 3 nitrogen and oxygen atoms in total. The molecule has 2 aliphatic rings. The molecule has 2 unspecified atom stereocenters. The number of aryl methyl sites for hydroxylation is 1. The quantitative estimate of drug-likeness (QED) is 0.624. The molecule has 5 rings (SSSR count). The SMILES string of the molecule is Cc1c2c(cc3c1ccc1ccccc13)C1=C(O1)C(O)C2O. The third-order valence-electron chi connectivity index (χ3n) is 4.86. The summed E-state index contributed by atoms with van der Waals surface area (Å²) >= 11 is 0. The summed E-state index contributed by atoms with van der Waals surface area (Å²) in [5, 5.41) is 25.1. The maximum atomic E-state index is 10.4. The van der Waals surface area contributed by atoms with E-state index in [4.69, 9.17) is 4.74 Å². The van der Waals surface area contributed by atoms with Crippen molar-refractivity contribution < 1.29 is 14.9 Å². The Morgan fingerprint density at radius 1 is 0.909 bits per heavy atom. The van der Waals surface area contributed by atoms with Crippen molar-refractivity contribution in [2.75, 3.05) is 0 Å². The number of ether oxygens (including phenoxy) is 1. The summed E-state index contributed by atoms with van der Waals surface area (Å²) in [4.78, 5) is 0. The molecule has 1 aliphatic heterocycles. The first kappa shape index (κ1) is 12.2. The van der Waals surface area contributed by atoms with E-state index in [1.54, 1.807) is 0 Å². The smallest absolute Gasteiger partial charge is 0.179 e. The van der Waals surface area contributed by atoms with Crippen molar-refractivity contribution in [1.29, 1.82) is 0 Å². The molecule has 2 atom stereocenters. The highest BCUT2D eigenvalue weighted by molar-refractivity contribution is 6.10. The number of hydrogen-bond acceptors (Lipinski definition) is 3. The highest BCUT2D eigenvalue weighted by atomic mass is 16.6. The summed E-state index contributed by atoms with van der Waals surface area (Å²) < 4.78 is 5.43. The monoisotopic (exact) mass is 290 g/mol. The minimum atomic E-state index is -0.945. The highest BCUT2D eigenvalue weighted by Crippen LogP contribution is 2.51. The van der Waals surface area contributed by atoms with Crippen molar-refractivity contribution in [2.45, 2.75) is 19.1 Å². The van der Waals surface area contributed by atoms with E-state index in [0.29, 0.717) is 5.76 Å². The van der Waals surface area contributed by atoms with Gasteiger partial charge in [0.1, 0.15) is 12.2 Å². The van der Waals surface area contributed by atoms with Crippen molar-refractivity contribution in [1.82, 2.24) is 0 Å². The van der Waals surface area contributed by atoms with Crippen molar-refractivity contribution in [3.8, 4) is 0 Å². The predicted octanol–water partition coefficient (Wildman–Crippen LogP) is 3.41. The Bertz CT molecular complexity index is 1000. The van der Waals surface area contributed by atoms with Gasteiger partial charge in [0.05, 0.1) is 0 Å². The number of hydrogen-bond donors (Lipinski definition) is 2. The van der Waals surface area contributed by atoms with E-state index in [0.717, 1.165) is 33.2 Å². The van der Waals surface area contributed by atoms with E-state index in [1.165, 1.54) is 10.8 Å². The van der Waals surface area contributed by atoms with Crippen LogP contribution < -0.4 is 0 Å². The van der Waals surface area contributed by atoms with E-state index in [9.17, 15) is 10.2 Å². The molecule has 0 spiro atoms. The van der Waals surface area contributed by atoms with Gasteiger partial charge < -0.3 is 14.9 Å². The van der Waals surface area contributed by atoms with Crippen LogP contribution in [0.15, 0.2) is 48.2 Å². The van der Waals surface area contributed by atoms with Crippen LogP contribution >= 0.6 is 0 Å². The largest absolute Gasteiger partial charge is 0.451 e. The molecule has 22 heavy (non-hydrogen) atoms. The zero-order valence-corrected chi connectivity index (χ0v) is 12.0. The summed E-state index contributed by atoms with van der Waals surface area (Å²) in [6, 6.07) is 14.5. The van der Waals surface area contributed by atoms with Crippen LogP contribution in [0.25, 0.3) is 27.3 Å². The Hall–Kier alpha value is -2.36. The van der Waals surface area contributed by atoms with Crippen LogP contribution in [0.1, 0.15) is 22.8 Å². The average molecular weight is 290 g/mol. The number of fused-ring (bicyclic) bond motifs is 5. The highest BCUT2D eigenvalue weighted by Gasteiger charge is 2.45. The third kappa shape index (κ3) is 1.37. The molecule has 1 heterocycles. The molecule has 1 aliphatic carbocycles. The molecular weight excluding hydrogens is 276 g/mol. The molecule has 2 N–H and O–H groups in total. The van der Waals surface area contributed by atoms with E-state index < -0.39 is 12.2 Å². The zero-order valence-electron chi connectivity index (χ0n) is 12.0. The maximum absolute atomic E-state index is 10.4. The molecule has 0 bridgehead atoms. The number of rotatable bonds is 0. The van der Waals surface area contributed by atoms with Gasteiger partial charge in [-0.15, -0.1) is 0 Å². The standard InChI is InChI=1S/C19H14O3/c1-9-11-7-6-10-4-2-3-5-12(10)13(11)8-14-15(9)16(20)17(21)19-18(14)22-19/h2-8,16-17,20-21H,1H3. The second-order valence-electron chi connectivity index (χ2n) is 6.03. The van der Waals surface area contributed by atoms with Gasteiger partial charge in [-0.25, -0.2) is 0 Å². The minimum absolute atomic E-state index is 0.513. The Kier molecular flexibility index (Phi) is 2.16. The Labute approximate surface area is 127 Å². The van der Waals surface area contributed by atoms with E-state index in [1.807, 2.05) is 19.1 Å². The summed E-state index contributed by atoms with van der Waals surface area (Å²) in [6.07, 6.45) is -1.87. The molecule has 3 aromatic rings. The minimum Gasteiger partial charge on any atom is -0.451 e. The molecular formula is C19H14O3. The molecule has 0 saturated carbocycles. The summed E-state index contributed by atoms with van der Waals surface area (Å²) in [5.74, 6) is 1.24. The fourth-order valence-corrected chi connectivity index (χ4v) is 3.68. The van der Waals surface area contributed by atoms with Gasteiger partial charge in [-0.2, -0.15) is 0 Å². The van der Waals surface area contributed by atoms with Gasteiger partial charge in [-0.3, -0.25) is 0 Å². The van der Waals surface area contributed by atoms with Gasteiger partial charge in [0, 0.05) is 5.56 Å². The van der Waals surface area contributed by atoms with Crippen LogP contribution in [0.4, 0.5) is 0 Å². The second-order valence-corrected chi connectivity index (χ2v) is 6.03. The van der Waals surface area contributed by atoms with Gasteiger partial charge in [0.25, 0.3) is 0 Å². The Morgan fingerprint density at radius 2 is 1.73 bits per heavy atom. The average Bonchev–Trinajstić information content (AvgIpc) is 3.33. The van der Waals surface area contributed by atoms with Crippen LogP contribution in [-0.4, -0.2) is 16.3 Å². The van der Waals surface area contributed by atoms with Crippen LogP contribution in [0, 0.1) is 6.92 Å². The molecule has 3 aromatic carbocycles. The topological polar surface area (TPSA) is 53.0 Å². The molecule has 0 fully saturated rings. The van der Waals surface area contributed by atoms with Gasteiger partial charge >= 0.3 is 0 Å². The fourth-order valence-electron chi connectivity index (χ4n) is 3.68. The molecule has 3 heteroatoms. The number of aliphatic hydroxyl groups excluding tert-OH is 2. The molecule has 0 aromatic heterocycles. The Balaban J connectivity index is 1.95. The molecule has 0 saturated heterocycles. The van der Waals surface area contributed by atoms with E-state index in [-0.39, 0.29) is 0 Å². The van der Waals surface area contributed by atoms with E-state index in [2.05, 4.69) is 30.3 Å². The van der Waals surface area contributed by atoms with Crippen LogP contribution in [0.2, 0.25) is 0 Å². The van der Waals surface area contributed by atoms with Gasteiger partial charge in [0.15, 0.2) is 11.5 Å². The van der Waals surface area contributed by atoms with Crippen LogP contribution in [0.5, 0.6) is 0 Å². The Morgan fingerprint density at radius 3 is 2.59 bits per heavy atom. The lowest BCUT2D eigenvalue weighted by Crippen LogP contribution is -2.21. The van der Waals surface area contributed by atoms with Gasteiger partial charge in [-0.05, 0) is 45.7 Å². The van der Waals surface area contributed by atoms with Crippen molar-refractivity contribution in [3.05, 3.63) is 64.9 Å². The maximum Gasteiger partial charge on any atom is 0.179 e. The predicted molar refractivity (Wildman–Crippen MR) is 85.2 cm³/mol. The lowest BCUT2D eigenvalue weighted by Gasteiger charge is -2.22. The molecule has 108 valence electrons. The molecule has 0 radical (unpaired) electrons. The van der Waals surface area contributed by atoms with Crippen LogP contribution in [0.3, 0.4) is 0 Å². The van der Waals surface area contributed by atoms with Crippen molar-refractivity contribution in [3.63, 3.8) is 0 Å². The first-order valence-electron chi connectivity index (χ1n) is 7.40. The normalized spacial score (nSPS) is 22.5. The zero-order chi connectivity index (χ0) is 15.0. The first-order valence-corrected chi connectivity index (χ1v) is 7.40. The fraction of sp³-hybridized carbons (Fsp3) is 0.158. The summed E-state index contributed by atoms with van der Waals surface area (Å²) in [7, 11) is 0. The second kappa shape index (κ2) is 3.88. The van der Waals surface area contributed by atoms with Gasteiger partial charge in [0.2, 0.25) is 0 Å². The lowest BCUT2D eigenvalue weighted by atomic mass is 9.85. The lowest BCUT2D eigenvalue weighted by molar-refractivity contribution is 0.0322. The van der Waals surface area contributed by atoms with Crippen molar-refractivity contribution >= 4 is 27.3 Å². The number of benzene rings is 3. The molecule has 0 amide bonds. The first-order chi connectivity index (χ1) is 10.7. The number of aliphatic hydroxyl groups is 2. The summed E-state index contributed by atoms with van der Waals surface area (Å²) in [5.41, 5.74) is 2.70.